The van der Waals surface area contributed by atoms with Gasteiger partial charge in [0.25, 0.3) is 0 Å². The summed E-state index contributed by atoms with van der Waals surface area (Å²) in [6.45, 7) is 1.95. The van der Waals surface area contributed by atoms with Crippen LogP contribution in [0.15, 0.2) is 42.5 Å². The van der Waals surface area contributed by atoms with E-state index in [4.69, 9.17) is 16.9 Å². The maximum atomic E-state index is 11.9. The van der Waals surface area contributed by atoms with Gasteiger partial charge < -0.3 is 5.32 Å². The molecule has 0 bridgehead atoms. The van der Waals surface area contributed by atoms with Crippen LogP contribution in [0.4, 0.5) is 5.69 Å². The summed E-state index contributed by atoms with van der Waals surface area (Å²) < 4.78 is 0. The zero-order valence-corrected chi connectivity index (χ0v) is 12.4. The quantitative estimate of drug-likeness (QED) is 0.924. The van der Waals surface area contributed by atoms with Crippen molar-refractivity contribution in [2.24, 2.45) is 0 Å². The van der Waals surface area contributed by atoms with Gasteiger partial charge in [0.1, 0.15) is 0 Å². The molecule has 1 amide bonds. The highest BCUT2D eigenvalue weighted by Gasteiger charge is 2.05. The maximum Gasteiger partial charge on any atom is 0.224 e. The van der Waals surface area contributed by atoms with Gasteiger partial charge in [-0.3, -0.25) is 4.79 Å². The minimum atomic E-state index is -0.0817. The molecular weight excluding hydrogens is 284 g/mol. The minimum Gasteiger partial charge on any atom is -0.326 e. The van der Waals surface area contributed by atoms with E-state index in [-0.39, 0.29) is 5.91 Å². The first kappa shape index (κ1) is 15.1. The summed E-state index contributed by atoms with van der Waals surface area (Å²) in [6.07, 6.45) is 1.000. The molecule has 2 rings (SSSR count). The van der Waals surface area contributed by atoms with E-state index in [2.05, 4.69) is 5.32 Å². The first-order valence-corrected chi connectivity index (χ1v) is 7.01. The van der Waals surface area contributed by atoms with Crippen molar-refractivity contribution in [1.82, 2.24) is 0 Å². The van der Waals surface area contributed by atoms with E-state index in [1.165, 1.54) is 0 Å². The van der Waals surface area contributed by atoms with Crippen LogP contribution in [0.25, 0.3) is 0 Å². The molecule has 21 heavy (non-hydrogen) atoms. The smallest absolute Gasteiger partial charge is 0.224 e. The molecule has 0 saturated heterocycles. The highest BCUT2D eigenvalue weighted by Crippen LogP contribution is 2.18. The van der Waals surface area contributed by atoms with Crippen LogP contribution in [0, 0.1) is 18.3 Å². The van der Waals surface area contributed by atoms with Gasteiger partial charge >= 0.3 is 0 Å². The topological polar surface area (TPSA) is 52.9 Å². The SMILES string of the molecule is Cc1ccc(CCC(=O)Nc2cccc(C#N)c2)cc1Cl. The molecule has 0 aliphatic rings. The van der Waals surface area contributed by atoms with Crippen LogP contribution < -0.4 is 5.32 Å². The third kappa shape index (κ3) is 4.34. The Morgan fingerprint density at radius 1 is 1.29 bits per heavy atom. The number of nitriles is 1. The Kier molecular flexibility index (Phi) is 4.97. The van der Waals surface area contributed by atoms with Gasteiger partial charge in [-0.25, -0.2) is 0 Å². The lowest BCUT2D eigenvalue weighted by Gasteiger charge is -2.06. The van der Waals surface area contributed by atoms with Crippen LogP contribution in [-0.2, 0) is 11.2 Å². The summed E-state index contributed by atoms with van der Waals surface area (Å²) >= 11 is 6.06. The van der Waals surface area contributed by atoms with E-state index in [9.17, 15) is 4.79 Å². The Morgan fingerprint density at radius 3 is 2.81 bits per heavy atom. The monoisotopic (exact) mass is 298 g/mol. The lowest BCUT2D eigenvalue weighted by molar-refractivity contribution is -0.116. The van der Waals surface area contributed by atoms with Crippen molar-refractivity contribution in [2.45, 2.75) is 19.8 Å². The first-order chi connectivity index (χ1) is 10.1. The summed E-state index contributed by atoms with van der Waals surface area (Å²) in [5.74, 6) is -0.0817. The first-order valence-electron chi connectivity index (χ1n) is 6.63. The van der Waals surface area contributed by atoms with Crippen LogP contribution in [0.5, 0.6) is 0 Å². The van der Waals surface area contributed by atoms with Gasteiger partial charge in [0.15, 0.2) is 0 Å². The maximum absolute atomic E-state index is 11.9. The molecule has 0 aromatic heterocycles. The number of hydrogen-bond acceptors (Lipinski definition) is 2. The molecule has 0 spiro atoms. The fourth-order valence-electron chi connectivity index (χ4n) is 1.94. The minimum absolute atomic E-state index is 0.0817. The van der Waals surface area contributed by atoms with Crippen molar-refractivity contribution >= 4 is 23.2 Å². The van der Waals surface area contributed by atoms with Crippen molar-refractivity contribution in [3.8, 4) is 6.07 Å². The second kappa shape index (κ2) is 6.92. The van der Waals surface area contributed by atoms with E-state index in [1.807, 2.05) is 31.2 Å². The van der Waals surface area contributed by atoms with Gasteiger partial charge in [-0.1, -0.05) is 29.8 Å². The van der Waals surface area contributed by atoms with Gasteiger partial charge in [-0.05, 0) is 48.7 Å². The van der Waals surface area contributed by atoms with E-state index in [1.54, 1.807) is 24.3 Å². The molecule has 2 aromatic rings. The van der Waals surface area contributed by atoms with Gasteiger partial charge in [-0.15, -0.1) is 0 Å². The standard InChI is InChI=1S/C17H15ClN2O/c1-12-5-6-13(10-16(12)18)7-8-17(21)20-15-4-2-3-14(9-15)11-19/h2-6,9-10H,7-8H2,1H3,(H,20,21). The number of nitrogens with zero attached hydrogens (tertiary/aromatic N) is 1. The molecule has 0 radical (unpaired) electrons. The average Bonchev–Trinajstić information content (AvgIpc) is 2.48. The van der Waals surface area contributed by atoms with Crippen LogP contribution >= 0.6 is 11.6 Å². The number of carbonyl (C=O) groups is 1. The third-order valence-electron chi connectivity index (χ3n) is 3.15. The fourth-order valence-corrected chi connectivity index (χ4v) is 2.14. The Balaban J connectivity index is 1.92. The fraction of sp³-hybridized carbons (Fsp3) is 0.176. The van der Waals surface area contributed by atoms with E-state index in [0.29, 0.717) is 24.1 Å². The van der Waals surface area contributed by atoms with Gasteiger partial charge in [-0.2, -0.15) is 5.26 Å². The lowest BCUT2D eigenvalue weighted by Crippen LogP contribution is -2.12. The van der Waals surface area contributed by atoms with Crippen molar-refractivity contribution in [3.63, 3.8) is 0 Å². The lowest BCUT2D eigenvalue weighted by atomic mass is 10.1. The van der Waals surface area contributed by atoms with Crippen molar-refractivity contribution in [3.05, 3.63) is 64.2 Å². The summed E-state index contributed by atoms with van der Waals surface area (Å²) in [5, 5.41) is 12.3. The normalized spacial score (nSPS) is 9.95. The van der Waals surface area contributed by atoms with Crippen LogP contribution in [0.1, 0.15) is 23.1 Å². The second-order valence-electron chi connectivity index (χ2n) is 4.82. The largest absolute Gasteiger partial charge is 0.326 e. The number of carbonyl (C=O) groups excluding carboxylic acids is 1. The number of hydrogen-bond donors (Lipinski definition) is 1. The summed E-state index contributed by atoms with van der Waals surface area (Å²) in [5.41, 5.74) is 3.23. The number of halogens is 1. The molecule has 4 heteroatoms. The molecule has 0 aliphatic heterocycles. The molecule has 0 atom stereocenters. The number of rotatable bonds is 4. The van der Waals surface area contributed by atoms with E-state index < -0.39 is 0 Å². The summed E-state index contributed by atoms with van der Waals surface area (Å²) in [7, 11) is 0. The highest BCUT2D eigenvalue weighted by atomic mass is 35.5. The summed E-state index contributed by atoms with van der Waals surface area (Å²) in [6, 6.07) is 14.7. The number of amides is 1. The molecule has 0 fully saturated rings. The molecule has 3 nitrogen and oxygen atoms in total. The molecular formula is C17H15ClN2O. The zero-order chi connectivity index (χ0) is 15.2. The molecule has 2 aromatic carbocycles. The number of nitrogens with one attached hydrogen (secondary N) is 1. The molecule has 0 unspecified atom stereocenters. The Hall–Kier alpha value is -2.31. The molecule has 106 valence electrons. The van der Waals surface area contributed by atoms with E-state index >= 15 is 0 Å². The summed E-state index contributed by atoms with van der Waals surface area (Å²) in [4.78, 5) is 11.9. The molecule has 0 saturated carbocycles. The Bertz CT molecular complexity index is 704. The van der Waals surface area contributed by atoms with Crippen molar-refractivity contribution in [2.75, 3.05) is 5.32 Å². The Morgan fingerprint density at radius 2 is 2.10 bits per heavy atom. The Labute approximate surface area is 129 Å². The van der Waals surface area contributed by atoms with Gasteiger partial charge in [0.05, 0.1) is 11.6 Å². The zero-order valence-electron chi connectivity index (χ0n) is 11.7. The average molecular weight is 299 g/mol. The number of benzene rings is 2. The van der Waals surface area contributed by atoms with Crippen LogP contribution in [0.3, 0.4) is 0 Å². The van der Waals surface area contributed by atoms with Crippen LogP contribution in [-0.4, -0.2) is 5.91 Å². The van der Waals surface area contributed by atoms with Gasteiger partial charge in [0.2, 0.25) is 5.91 Å². The molecule has 0 aliphatic carbocycles. The predicted molar refractivity (Wildman–Crippen MR) is 84.3 cm³/mol. The van der Waals surface area contributed by atoms with Gasteiger partial charge in [0, 0.05) is 17.1 Å². The second-order valence-corrected chi connectivity index (χ2v) is 5.23. The van der Waals surface area contributed by atoms with Crippen LogP contribution in [0.2, 0.25) is 5.02 Å². The number of aryl methyl sites for hydroxylation is 2. The number of anilines is 1. The third-order valence-corrected chi connectivity index (χ3v) is 3.56. The molecule has 0 heterocycles. The molecule has 1 N–H and O–H groups in total. The van der Waals surface area contributed by atoms with E-state index in [0.717, 1.165) is 16.1 Å². The van der Waals surface area contributed by atoms with Crippen molar-refractivity contribution in [1.29, 1.82) is 5.26 Å². The highest BCUT2D eigenvalue weighted by molar-refractivity contribution is 6.31. The predicted octanol–water partition coefficient (Wildman–Crippen LogP) is 4.09. The van der Waals surface area contributed by atoms with Crippen molar-refractivity contribution < 1.29 is 4.79 Å².